The minimum atomic E-state index is -0.338. The molecule has 3 heteroatoms. The number of hydrogen-bond acceptors (Lipinski definition) is 3. The van der Waals surface area contributed by atoms with E-state index in [9.17, 15) is 5.11 Å². The third kappa shape index (κ3) is 1.31. The highest BCUT2D eigenvalue weighted by Gasteiger charge is 2.34. The fourth-order valence-corrected chi connectivity index (χ4v) is 1.33. The van der Waals surface area contributed by atoms with Crippen molar-refractivity contribution in [1.29, 1.82) is 0 Å². The Balaban J connectivity index is 2.45. The van der Waals surface area contributed by atoms with E-state index in [2.05, 4.69) is 0 Å². The summed E-state index contributed by atoms with van der Waals surface area (Å²) in [5.41, 5.74) is 0. The van der Waals surface area contributed by atoms with E-state index in [0.717, 1.165) is 6.42 Å². The minimum Gasteiger partial charge on any atom is -0.390 e. The first-order valence-corrected chi connectivity index (χ1v) is 3.62. The third-order valence-electron chi connectivity index (χ3n) is 1.98. The molecule has 1 aliphatic heterocycles. The van der Waals surface area contributed by atoms with E-state index in [1.54, 1.807) is 7.11 Å². The van der Waals surface area contributed by atoms with E-state index < -0.39 is 0 Å². The Morgan fingerprint density at radius 2 is 2.40 bits per heavy atom. The zero-order valence-corrected chi connectivity index (χ0v) is 6.41. The van der Waals surface area contributed by atoms with Crippen molar-refractivity contribution in [3.63, 3.8) is 0 Å². The number of hydrogen-bond donors (Lipinski definition) is 1. The Bertz CT molecular complexity index is 105. The van der Waals surface area contributed by atoms with Crippen LogP contribution in [0.1, 0.15) is 13.3 Å². The SMILES string of the molecule is CC[C@@H]1C(OC)OC[C@H]1O. The second-order valence-corrected chi connectivity index (χ2v) is 2.58. The average molecular weight is 146 g/mol. The molecule has 0 amide bonds. The Labute approximate surface area is 60.9 Å². The van der Waals surface area contributed by atoms with Gasteiger partial charge in [0, 0.05) is 13.0 Å². The molecule has 10 heavy (non-hydrogen) atoms. The first-order chi connectivity index (χ1) is 4.79. The molecule has 1 fully saturated rings. The molecule has 0 aromatic carbocycles. The van der Waals surface area contributed by atoms with Gasteiger partial charge in [-0.05, 0) is 6.42 Å². The fraction of sp³-hybridized carbons (Fsp3) is 1.00. The molecule has 1 unspecified atom stereocenters. The zero-order valence-electron chi connectivity index (χ0n) is 6.41. The fourth-order valence-electron chi connectivity index (χ4n) is 1.33. The summed E-state index contributed by atoms with van der Waals surface area (Å²) in [6, 6.07) is 0. The van der Waals surface area contributed by atoms with Crippen molar-refractivity contribution >= 4 is 0 Å². The topological polar surface area (TPSA) is 38.7 Å². The maximum absolute atomic E-state index is 9.29. The lowest BCUT2D eigenvalue weighted by Gasteiger charge is -2.15. The van der Waals surface area contributed by atoms with Crippen LogP contribution in [0, 0.1) is 5.92 Å². The third-order valence-corrected chi connectivity index (χ3v) is 1.98. The summed E-state index contributed by atoms with van der Waals surface area (Å²) < 4.78 is 10.1. The van der Waals surface area contributed by atoms with Crippen molar-refractivity contribution in [1.82, 2.24) is 0 Å². The van der Waals surface area contributed by atoms with Crippen LogP contribution >= 0.6 is 0 Å². The molecule has 3 atom stereocenters. The van der Waals surface area contributed by atoms with Crippen LogP contribution in [0.15, 0.2) is 0 Å². The summed E-state index contributed by atoms with van der Waals surface area (Å²) >= 11 is 0. The van der Waals surface area contributed by atoms with Gasteiger partial charge in [-0.2, -0.15) is 0 Å². The summed E-state index contributed by atoms with van der Waals surface area (Å²) in [5.74, 6) is 0.157. The quantitative estimate of drug-likeness (QED) is 0.612. The van der Waals surface area contributed by atoms with Gasteiger partial charge in [0.25, 0.3) is 0 Å². The largest absolute Gasteiger partial charge is 0.390 e. The molecule has 1 N–H and O–H groups in total. The molecule has 0 aromatic rings. The predicted octanol–water partition coefficient (Wildman–Crippen LogP) is 0.376. The van der Waals surface area contributed by atoms with Gasteiger partial charge >= 0.3 is 0 Å². The predicted molar refractivity (Wildman–Crippen MR) is 36.5 cm³/mol. The molecule has 1 rings (SSSR count). The molecule has 0 saturated carbocycles. The molecule has 0 aromatic heterocycles. The second-order valence-electron chi connectivity index (χ2n) is 2.58. The molecule has 0 bridgehead atoms. The molecule has 60 valence electrons. The number of rotatable bonds is 2. The van der Waals surface area contributed by atoms with Gasteiger partial charge in [0.15, 0.2) is 6.29 Å². The van der Waals surface area contributed by atoms with Gasteiger partial charge in [-0.1, -0.05) is 6.92 Å². The molecular weight excluding hydrogens is 132 g/mol. The number of aliphatic hydroxyl groups excluding tert-OH is 1. The van der Waals surface area contributed by atoms with Gasteiger partial charge in [-0.25, -0.2) is 0 Å². The second kappa shape index (κ2) is 3.32. The first-order valence-electron chi connectivity index (χ1n) is 3.62. The normalized spacial score (nSPS) is 40.5. The number of aliphatic hydroxyl groups is 1. The molecule has 1 saturated heterocycles. The first kappa shape index (κ1) is 7.98. The van der Waals surface area contributed by atoms with Crippen molar-refractivity contribution in [3.8, 4) is 0 Å². The summed E-state index contributed by atoms with van der Waals surface area (Å²) in [7, 11) is 1.60. The Morgan fingerprint density at radius 3 is 2.80 bits per heavy atom. The maximum Gasteiger partial charge on any atom is 0.162 e. The molecule has 0 radical (unpaired) electrons. The highest BCUT2D eigenvalue weighted by atomic mass is 16.7. The highest BCUT2D eigenvalue weighted by molar-refractivity contribution is 4.76. The molecule has 3 nitrogen and oxygen atoms in total. The van der Waals surface area contributed by atoms with Crippen LogP contribution in [0.3, 0.4) is 0 Å². The molecule has 0 aliphatic carbocycles. The summed E-state index contributed by atoms with van der Waals surface area (Å²) in [6.07, 6.45) is 0.370. The van der Waals surface area contributed by atoms with E-state index in [-0.39, 0.29) is 18.3 Å². The molecule has 0 spiro atoms. The van der Waals surface area contributed by atoms with Crippen molar-refractivity contribution < 1.29 is 14.6 Å². The standard InChI is InChI=1S/C7H14O3/c1-3-5-6(8)4-10-7(5)9-2/h5-8H,3-4H2,1-2H3/t5-,6+,7?/m0/s1. The van der Waals surface area contributed by atoms with Crippen LogP contribution in [-0.2, 0) is 9.47 Å². The van der Waals surface area contributed by atoms with Gasteiger partial charge in [-0.15, -0.1) is 0 Å². The number of ether oxygens (including phenoxy) is 2. The van der Waals surface area contributed by atoms with Crippen LogP contribution in [0.4, 0.5) is 0 Å². The van der Waals surface area contributed by atoms with E-state index in [4.69, 9.17) is 9.47 Å². The lowest BCUT2D eigenvalue weighted by atomic mass is 10.0. The van der Waals surface area contributed by atoms with E-state index in [1.807, 2.05) is 6.92 Å². The Hall–Kier alpha value is -0.120. The van der Waals surface area contributed by atoms with Crippen LogP contribution in [0.2, 0.25) is 0 Å². The van der Waals surface area contributed by atoms with Gasteiger partial charge in [-0.3, -0.25) is 0 Å². The monoisotopic (exact) mass is 146 g/mol. The minimum absolute atomic E-state index is 0.157. The van der Waals surface area contributed by atoms with E-state index in [1.165, 1.54) is 0 Å². The van der Waals surface area contributed by atoms with Crippen LogP contribution in [0.25, 0.3) is 0 Å². The Kier molecular flexibility index (Phi) is 2.65. The Morgan fingerprint density at radius 1 is 1.70 bits per heavy atom. The summed E-state index contributed by atoms with van der Waals surface area (Å²) in [6.45, 7) is 2.44. The average Bonchev–Trinajstić information content (AvgIpc) is 2.30. The van der Waals surface area contributed by atoms with Crippen molar-refractivity contribution in [2.24, 2.45) is 5.92 Å². The summed E-state index contributed by atoms with van der Waals surface area (Å²) in [5, 5.41) is 9.29. The smallest absolute Gasteiger partial charge is 0.162 e. The summed E-state index contributed by atoms with van der Waals surface area (Å²) in [4.78, 5) is 0. The lowest BCUT2D eigenvalue weighted by Crippen LogP contribution is -2.24. The lowest BCUT2D eigenvalue weighted by molar-refractivity contribution is -0.110. The highest BCUT2D eigenvalue weighted by Crippen LogP contribution is 2.24. The number of methoxy groups -OCH3 is 1. The van der Waals surface area contributed by atoms with Crippen molar-refractivity contribution in [2.45, 2.75) is 25.7 Å². The van der Waals surface area contributed by atoms with E-state index in [0.29, 0.717) is 6.61 Å². The maximum atomic E-state index is 9.29. The van der Waals surface area contributed by atoms with Gasteiger partial charge < -0.3 is 14.6 Å². The van der Waals surface area contributed by atoms with E-state index >= 15 is 0 Å². The van der Waals surface area contributed by atoms with Crippen molar-refractivity contribution in [3.05, 3.63) is 0 Å². The zero-order chi connectivity index (χ0) is 7.56. The van der Waals surface area contributed by atoms with Crippen LogP contribution < -0.4 is 0 Å². The molecule has 1 heterocycles. The van der Waals surface area contributed by atoms with Crippen LogP contribution in [0.5, 0.6) is 0 Å². The van der Waals surface area contributed by atoms with Crippen LogP contribution in [-0.4, -0.2) is 31.2 Å². The molecular formula is C7H14O3. The van der Waals surface area contributed by atoms with Crippen molar-refractivity contribution in [2.75, 3.05) is 13.7 Å². The van der Waals surface area contributed by atoms with Gasteiger partial charge in [0.1, 0.15) is 0 Å². The van der Waals surface area contributed by atoms with Gasteiger partial charge in [0.2, 0.25) is 0 Å². The van der Waals surface area contributed by atoms with Gasteiger partial charge in [0.05, 0.1) is 12.7 Å². The molecule has 1 aliphatic rings.